The number of alkyl halides is 3. The Balaban J connectivity index is 2.37. The number of benzene rings is 1. The molecule has 2 N–H and O–H groups in total. The van der Waals surface area contributed by atoms with E-state index in [1.807, 2.05) is 11.0 Å². The van der Waals surface area contributed by atoms with Gasteiger partial charge in [-0.15, -0.1) is 0 Å². The highest BCUT2D eigenvalue weighted by molar-refractivity contribution is 5.61. The van der Waals surface area contributed by atoms with Crippen molar-refractivity contribution in [3.8, 4) is 6.07 Å². The summed E-state index contributed by atoms with van der Waals surface area (Å²) in [7, 11) is 0. The van der Waals surface area contributed by atoms with Crippen LogP contribution in [-0.4, -0.2) is 19.1 Å². The van der Waals surface area contributed by atoms with Crippen molar-refractivity contribution < 1.29 is 13.2 Å². The molecule has 0 amide bonds. The van der Waals surface area contributed by atoms with Gasteiger partial charge in [0.15, 0.2) is 0 Å². The highest BCUT2D eigenvalue weighted by Gasteiger charge is 2.33. The zero-order valence-electron chi connectivity index (χ0n) is 11.8. The summed E-state index contributed by atoms with van der Waals surface area (Å²) < 4.78 is 38.2. The fourth-order valence-electron chi connectivity index (χ4n) is 2.84. The quantitative estimate of drug-likeness (QED) is 0.912. The van der Waals surface area contributed by atoms with Crippen LogP contribution in [0.25, 0.3) is 0 Å². The fraction of sp³-hybridized carbons (Fsp3) is 0.533. The zero-order valence-corrected chi connectivity index (χ0v) is 11.8. The van der Waals surface area contributed by atoms with Gasteiger partial charge in [-0.1, -0.05) is 6.92 Å². The molecule has 1 aromatic carbocycles. The van der Waals surface area contributed by atoms with E-state index in [0.717, 1.165) is 25.0 Å². The van der Waals surface area contributed by atoms with E-state index in [2.05, 4.69) is 6.92 Å². The van der Waals surface area contributed by atoms with Crippen LogP contribution in [0.3, 0.4) is 0 Å². The lowest BCUT2D eigenvalue weighted by atomic mass is 9.91. The summed E-state index contributed by atoms with van der Waals surface area (Å²) in [6, 6.07) is 5.28. The number of nitrogens with zero attached hydrogens (tertiary/aromatic N) is 2. The molecule has 0 radical (unpaired) electrons. The number of piperidine rings is 1. The molecule has 0 aromatic heterocycles. The van der Waals surface area contributed by atoms with Crippen molar-refractivity contribution in [2.75, 3.05) is 18.0 Å². The van der Waals surface area contributed by atoms with E-state index in [1.54, 1.807) is 0 Å². The molecule has 1 saturated heterocycles. The Morgan fingerprint density at radius 2 is 2.14 bits per heavy atom. The average molecular weight is 297 g/mol. The van der Waals surface area contributed by atoms with Gasteiger partial charge >= 0.3 is 6.18 Å². The smallest absolute Gasteiger partial charge is 0.366 e. The summed E-state index contributed by atoms with van der Waals surface area (Å²) >= 11 is 0. The van der Waals surface area contributed by atoms with Crippen LogP contribution in [0.5, 0.6) is 0 Å². The average Bonchev–Trinajstić information content (AvgIpc) is 2.45. The van der Waals surface area contributed by atoms with Crippen molar-refractivity contribution in [2.24, 2.45) is 11.7 Å². The molecule has 1 aliphatic rings. The van der Waals surface area contributed by atoms with Gasteiger partial charge in [0.25, 0.3) is 0 Å². The number of rotatable bonds is 2. The van der Waals surface area contributed by atoms with Crippen LogP contribution in [0.15, 0.2) is 18.2 Å². The first-order chi connectivity index (χ1) is 9.86. The lowest BCUT2D eigenvalue weighted by molar-refractivity contribution is -0.137. The standard InChI is InChI=1S/C15H18F3N3/c1-10-4-5-21(13(6-10)9-20)14-3-2-12(15(16,17)18)7-11(14)8-19/h2-3,7,10,13H,4-6,9,20H2,1H3. The Hall–Kier alpha value is -1.74. The molecule has 0 saturated carbocycles. The molecule has 1 aromatic rings. The SMILES string of the molecule is CC1CCN(c2ccc(C(F)(F)F)cc2C#N)C(CN)C1. The molecular weight excluding hydrogens is 279 g/mol. The summed E-state index contributed by atoms with van der Waals surface area (Å²) in [6.45, 7) is 3.28. The number of nitriles is 1. The van der Waals surface area contributed by atoms with Crippen molar-refractivity contribution in [2.45, 2.75) is 32.0 Å². The predicted octanol–water partition coefficient (Wildman–Crippen LogP) is 3.14. The van der Waals surface area contributed by atoms with Crippen LogP contribution < -0.4 is 10.6 Å². The molecule has 2 rings (SSSR count). The number of halogens is 3. The van der Waals surface area contributed by atoms with Crippen LogP contribution in [0.2, 0.25) is 0 Å². The summed E-state index contributed by atoms with van der Waals surface area (Å²) in [5.74, 6) is 0.537. The van der Waals surface area contributed by atoms with E-state index in [9.17, 15) is 18.4 Å². The highest BCUT2D eigenvalue weighted by atomic mass is 19.4. The molecular formula is C15H18F3N3. The molecule has 0 aliphatic carbocycles. The number of nitrogens with two attached hydrogens (primary N) is 1. The van der Waals surface area contributed by atoms with Gasteiger partial charge < -0.3 is 10.6 Å². The Bertz CT molecular complexity index is 548. The monoisotopic (exact) mass is 297 g/mol. The van der Waals surface area contributed by atoms with Crippen LogP contribution in [0.4, 0.5) is 18.9 Å². The molecule has 114 valence electrons. The largest absolute Gasteiger partial charge is 0.416 e. The molecule has 2 atom stereocenters. The van der Waals surface area contributed by atoms with Crippen LogP contribution in [0, 0.1) is 17.2 Å². The number of hydrogen-bond donors (Lipinski definition) is 1. The van der Waals surface area contributed by atoms with E-state index < -0.39 is 11.7 Å². The van der Waals surface area contributed by atoms with Gasteiger partial charge in [0.2, 0.25) is 0 Å². The zero-order chi connectivity index (χ0) is 15.6. The molecule has 3 nitrogen and oxygen atoms in total. The molecule has 21 heavy (non-hydrogen) atoms. The fourth-order valence-corrected chi connectivity index (χ4v) is 2.84. The first-order valence-electron chi connectivity index (χ1n) is 6.95. The molecule has 1 heterocycles. The summed E-state index contributed by atoms with van der Waals surface area (Å²) in [5.41, 5.74) is 5.59. The number of anilines is 1. The first-order valence-corrected chi connectivity index (χ1v) is 6.95. The topological polar surface area (TPSA) is 53.0 Å². The molecule has 1 aliphatic heterocycles. The Morgan fingerprint density at radius 3 is 2.71 bits per heavy atom. The third kappa shape index (κ3) is 3.30. The molecule has 6 heteroatoms. The molecule has 0 bridgehead atoms. The van der Waals surface area contributed by atoms with Crippen LogP contribution in [0.1, 0.15) is 30.9 Å². The van der Waals surface area contributed by atoms with Crippen molar-refractivity contribution in [3.63, 3.8) is 0 Å². The van der Waals surface area contributed by atoms with Gasteiger partial charge in [-0.25, -0.2) is 0 Å². The van der Waals surface area contributed by atoms with Crippen LogP contribution in [-0.2, 0) is 6.18 Å². The lowest BCUT2D eigenvalue weighted by Gasteiger charge is -2.40. The predicted molar refractivity (Wildman–Crippen MR) is 74.7 cm³/mol. The molecule has 0 spiro atoms. The van der Waals surface area contributed by atoms with E-state index in [0.29, 0.717) is 24.7 Å². The van der Waals surface area contributed by atoms with Gasteiger partial charge in [0.05, 0.1) is 16.8 Å². The summed E-state index contributed by atoms with van der Waals surface area (Å²) in [5, 5.41) is 9.17. The van der Waals surface area contributed by atoms with E-state index in [1.165, 1.54) is 6.07 Å². The third-order valence-electron chi connectivity index (χ3n) is 4.00. The van der Waals surface area contributed by atoms with Crippen LogP contribution >= 0.6 is 0 Å². The maximum Gasteiger partial charge on any atom is 0.416 e. The summed E-state index contributed by atoms with van der Waals surface area (Å²) in [4.78, 5) is 1.97. The normalized spacial score (nSPS) is 23.0. The Kier molecular flexibility index (Phi) is 4.43. The second-order valence-electron chi connectivity index (χ2n) is 5.55. The van der Waals surface area contributed by atoms with Crippen molar-refractivity contribution in [1.82, 2.24) is 0 Å². The van der Waals surface area contributed by atoms with Gasteiger partial charge in [-0.2, -0.15) is 18.4 Å². The Labute approximate surface area is 122 Å². The number of hydrogen-bond acceptors (Lipinski definition) is 3. The maximum absolute atomic E-state index is 12.7. The third-order valence-corrected chi connectivity index (χ3v) is 4.00. The van der Waals surface area contributed by atoms with E-state index >= 15 is 0 Å². The van der Waals surface area contributed by atoms with Gasteiger partial charge in [-0.3, -0.25) is 0 Å². The van der Waals surface area contributed by atoms with E-state index in [4.69, 9.17) is 5.73 Å². The molecule has 1 fully saturated rings. The summed E-state index contributed by atoms with van der Waals surface area (Å²) in [6.07, 6.45) is -2.60. The maximum atomic E-state index is 12.7. The van der Waals surface area contributed by atoms with Crippen molar-refractivity contribution >= 4 is 5.69 Å². The minimum absolute atomic E-state index is 0.0535. The first kappa shape index (κ1) is 15.6. The second-order valence-corrected chi connectivity index (χ2v) is 5.55. The van der Waals surface area contributed by atoms with Gasteiger partial charge in [0, 0.05) is 19.1 Å². The highest BCUT2D eigenvalue weighted by Crippen LogP contribution is 2.35. The van der Waals surface area contributed by atoms with Crippen molar-refractivity contribution in [3.05, 3.63) is 29.3 Å². The Morgan fingerprint density at radius 1 is 1.43 bits per heavy atom. The van der Waals surface area contributed by atoms with E-state index in [-0.39, 0.29) is 11.6 Å². The molecule has 2 unspecified atom stereocenters. The van der Waals surface area contributed by atoms with Gasteiger partial charge in [-0.05, 0) is 37.0 Å². The minimum Gasteiger partial charge on any atom is -0.366 e. The van der Waals surface area contributed by atoms with Crippen molar-refractivity contribution in [1.29, 1.82) is 5.26 Å². The second kappa shape index (κ2) is 5.94. The lowest BCUT2D eigenvalue weighted by Crippen LogP contribution is -2.46. The minimum atomic E-state index is -4.44. The van der Waals surface area contributed by atoms with Gasteiger partial charge in [0.1, 0.15) is 6.07 Å².